The van der Waals surface area contributed by atoms with Gasteiger partial charge in [-0.2, -0.15) is 0 Å². The largest absolute Gasteiger partial charge is 0.309 e. The molecule has 2 heterocycles. The van der Waals surface area contributed by atoms with Gasteiger partial charge in [0.05, 0.1) is 16.7 Å². The van der Waals surface area contributed by atoms with Crippen LogP contribution in [0.4, 0.5) is 0 Å². The summed E-state index contributed by atoms with van der Waals surface area (Å²) in [5, 5.41) is 1.68. The van der Waals surface area contributed by atoms with Gasteiger partial charge in [0.1, 0.15) is 5.82 Å². The molecule has 0 amide bonds. The van der Waals surface area contributed by atoms with Gasteiger partial charge in [-0.05, 0) is 59.3 Å². The molecule has 0 saturated carbocycles. The summed E-state index contributed by atoms with van der Waals surface area (Å²) in [5.74, 6) is -6.71. The Bertz CT molecular complexity index is 2120. The van der Waals surface area contributed by atoms with Crippen molar-refractivity contribution >= 4 is 21.8 Å². The van der Waals surface area contributed by atoms with Crippen LogP contribution in [0, 0.1) is 0 Å². The SMILES string of the molecule is [2H]C([2H])([2H])C([2H])(c1cccc(C([2H])(C([2H])([2H])[2H])C([2H])([2H])[2H])c1-n1ccnc1-c1ccc2c(c1)c1ccccc1n2-c1ccccc1)C([2H])([2H])[2H]. The summed E-state index contributed by atoms with van der Waals surface area (Å²) in [5.41, 5.74) is 1.12. The molecule has 178 valence electrons. The minimum absolute atomic E-state index is 0.0639. The van der Waals surface area contributed by atoms with Crippen LogP contribution in [0.3, 0.4) is 0 Å². The van der Waals surface area contributed by atoms with Crippen molar-refractivity contribution in [3.05, 3.63) is 115 Å². The van der Waals surface area contributed by atoms with Gasteiger partial charge in [0.25, 0.3) is 0 Å². The van der Waals surface area contributed by atoms with Gasteiger partial charge in [-0.1, -0.05) is 82.0 Å². The van der Waals surface area contributed by atoms with Crippen LogP contribution in [0.5, 0.6) is 0 Å². The third kappa shape index (κ3) is 3.54. The molecule has 0 atom stereocenters. The molecular weight excluding hydrogens is 438 g/mol. The van der Waals surface area contributed by atoms with Crippen molar-refractivity contribution < 1.29 is 19.2 Å². The monoisotopic (exact) mass is 483 g/mol. The second-order valence-corrected chi connectivity index (χ2v) is 8.49. The number of aromatic nitrogens is 3. The lowest BCUT2D eigenvalue weighted by atomic mass is 9.92. The van der Waals surface area contributed by atoms with E-state index in [2.05, 4.69) is 9.55 Å². The van der Waals surface area contributed by atoms with Crippen molar-refractivity contribution in [3.63, 3.8) is 0 Å². The first-order valence-corrected chi connectivity index (χ1v) is 11.4. The van der Waals surface area contributed by atoms with E-state index in [1.807, 2.05) is 66.7 Å². The molecule has 0 bridgehead atoms. The lowest BCUT2D eigenvalue weighted by Crippen LogP contribution is -2.07. The van der Waals surface area contributed by atoms with Crippen LogP contribution in [0.2, 0.25) is 0 Å². The fourth-order valence-corrected chi connectivity index (χ4v) is 4.87. The summed E-state index contributed by atoms with van der Waals surface area (Å²) in [4.78, 5) is 4.48. The maximum atomic E-state index is 9.07. The minimum atomic E-state index is -3.52. The summed E-state index contributed by atoms with van der Waals surface area (Å²) >= 11 is 0. The van der Waals surface area contributed by atoms with E-state index in [0.29, 0.717) is 5.56 Å². The second kappa shape index (κ2) is 8.83. The van der Waals surface area contributed by atoms with Crippen LogP contribution in [0.15, 0.2) is 103 Å². The topological polar surface area (TPSA) is 22.8 Å². The molecule has 0 aliphatic heterocycles. The van der Waals surface area contributed by atoms with E-state index in [1.54, 1.807) is 6.07 Å². The predicted octanol–water partition coefficient (Wildman–Crippen LogP) is 8.88. The van der Waals surface area contributed by atoms with Gasteiger partial charge in [0.15, 0.2) is 0 Å². The minimum Gasteiger partial charge on any atom is -0.309 e. The van der Waals surface area contributed by atoms with Gasteiger partial charge in [0, 0.05) is 53.6 Å². The number of rotatable bonds is 5. The molecule has 6 rings (SSSR count). The molecule has 0 N–H and O–H groups in total. The zero-order valence-electron chi connectivity index (χ0n) is 33.2. The maximum absolute atomic E-state index is 9.07. The highest BCUT2D eigenvalue weighted by Gasteiger charge is 2.20. The third-order valence-corrected chi connectivity index (χ3v) is 6.40. The molecule has 36 heavy (non-hydrogen) atoms. The highest BCUT2D eigenvalue weighted by atomic mass is 15.1. The van der Waals surface area contributed by atoms with Gasteiger partial charge in [-0.3, -0.25) is 4.57 Å². The molecule has 0 aliphatic rings. The Kier molecular flexibility index (Phi) is 2.88. The zero-order valence-corrected chi connectivity index (χ0v) is 19.2. The highest BCUT2D eigenvalue weighted by Crippen LogP contribution is 2.37. The van der Waals surface area contributed by atoms with Crippen LogP contribution in [-0.4, -0.2) is 14.1 Å². The Morgan fingerprint density at radius 1 is 0.722 bits per heavy atom. The van der Waals surface area contributed by atoms with Gasteiger partial charge in [0.2, 0.25) is 0 Å². The van der Waals surface area contributed by atoms with Crippen molar-refractivity contribution in [2.75, 3.05) is 0 Å². The van der Waals surface area contributed by atoms with Crippen LogP contribution in [-0.2, 0) is 0 Å². The number of benzene rings is 4. The predicted molar refractivity (Wildman–Crippen MR) is 152 cm³/mol. The van der Waals surface area contributed by atoms with Crippen molar-refractivity contribution in [2.24, 2.45) is 0 Å². The van der Waals surface area contributed by atoms with Gasteiger partial charge in [-0.25, -0.2) is 4.98 Å². The first-order valence-electron chi connectivity index (χ1n) is 18.4. The van der Waals surface area contributed by atoms with Crippen LogP contribution in [0.25, 0.3) is 44.6 Å². The fourth-order valence-electron chi connectivity index (χ4n) is 4.87. The molecule has 3 nitrogen and oxygen atoms in total. The van der Waals surface area contributed by atoms with Crippen molar-refractivity contribution in [2.45, 2.75) is 39.2 Å². The number of nitrogens with zero attached hydrogens (tertiary/aromatic N) is 3. The molecule has 0 radical (unpaired) electrons. The lowest BCUT2D eigenvalue weighted by molar-refractivity contribution is 0.807. The van der Waals surface area contributed by atoms with Gasteiger partial charge in [-0.15, -0.1) is 0 Å². The van der Waals surface area contributed by atoms with Crippen molar-refractivity contribution in [1.29, 1.82) is 0 Å². The van der Waals surface area contributed by atoms with Gasteiger partial charge < -0.3 is 4.57 Å². The third-order valence-electron chi connectivity index (χ3n) is 6.40. The quantitative estimate of drug-likeness (QED) is 0.240. The fraction of sp³-hybridized carbons (Fsp3) is 0.182. The number of fused-ring (bicyclic) bond motifs is 3. The van der Waals surface area contributed by atoms with Crippen molar-refractivity contribution in [1.82, 2.24) is 14.1 Å². The Morgan fingerprint density at radius 3 is 2.17 bits per heavy atom. The first kappa shape index (κ1) is 11.7. The number of para-hydroxylation sites is 3. The molecule has 0 saturated heterocycles. The summed E-state index contributed by atoms with van der Waals surface area (Å²) in [6.07, 6.45) is 2.61. The summed E-state index contributed by atoms with van der Waals surface area (Å²) < 4.78 is 120. The molecule has 2 aromatic heterocycles. The summed E-state index contributed by atoms with van der Waals surface area (Å²) in [6.45, 7) is -14.1. The molecule has 0 spiro atoms. The molecule has 4 aromatic carbocycles. The molecule has 0 unspecified atom stereocenters. The molecule has 6 aromatic rings. The average molecular weight is 484 g/mol. The normalized spacial score (nSPS) is 19.6. The Morgan fingerprint density at radius 2 is 1.42 bits per heavy atom. The molecule has 3 heteroatoms. The van der Waals surface area contributed by atoms with Crippen molar-refractivity contribution in [3.8, 4) is 22.8 Å². The number of imidazole rings is 1. The van der Waals surface area contributed by atoms with E-state index in [1.165, 1.54) is 17.0 Å². The van der Waals surface area contributed by atoms with E-state index >= 15 is 0 Å². The van der Waals surface area contributed by atoms with E-state index in [-0.39, 0.29) is 5.82 Å². The zero-order chi connectivity index (χ0) is 36.7. The van der Waals surface area contributed by atoms with Gasteiger partial charge >= 0.3 is 0 Å². The van der Waals surface area contributed by atoms with E-state index in [0.717, 1.165) is 45.7 Å². The highest BCUT2D eigenvalue weighted by molar-refractivity contribution is 6.10. The molecule has 0 aliphatic carbocycles. The second-order valence-electron chi connectivity index (χ2n) is 8.49. The Hall–Kier alpha value is -4.11. The van der Waals surface area contributed by atoms with E-state index < -0.39 is 56.0 Å². The first-order chi connectivity index (χ1) is 23.1. The van der Waals surface area contributed by atoms with E-state index in [4.69, 9.17) is 19.2 Å². The maximum Gasteiger partial charge on any atom is 0.144 e. The Labute approximate surface area is 232 Å². The average Bonchev–Trinajstić information content (AvgIpc) is 3.64. The lowest BCUT2D eigenvalue weighted by Gasteiger charge is -2.21. The summed E-state index contributed by atoms with van der Waals surface area (Å²) in [6, 6.07) is 26.0. The Balaban J connectivity index is 1.71. The van der Waals surface area contributed by atoms with Crippen LogP contribution < -0.4 is 0 Å². The number of hydrogen-bond donors (Lipinski definition) is 0. The number of hydrogen-bond acceptors (Lipinski definition) is 1. The smallest absolute Gasteiger partial charge is 0.144 e. The summed E-state index contributed by atoms with van der Waals surface area (Å²) in [7, 11) is 0. The van der Waals surface area contributed by atoms with Crippen LogP contribution >= 0.6 is 0 Å². The molecule has 0 fully saturated rings. The standard InChI is InChI=1S/C33H31N3/c1-22(2)26-14-10-15-27(23(3)4)32(26)35-20-19-34-33(35)24-17-18-31-29(21-24)28-13-8-9-16-30(28)36(31)25-11-6-5-7-12-25/h5-23H,1-4H3/i1D3,2D3,3D3,4D3,22D,23D. The van der Waals surface area contributed by atoms with Crippen LogP contribution in [0.1, 0.15) is 69.5 Å². The van der Waals surface area contributed by atoms with E-state index in [9.17, 15) is 0 Å². The molecular formula is C33H31N3.